The van der Waals surface area contributed by atoms with Gasteiger partial charge < -0.3 is 10.1 Å². The first-order chi connectivity index (χ1) is 8.79. The number of nitrogens with one attached hydrogen (secondary N) is 1. The number of H-pyrrole nitrogens is 1. The van der Waals surface area contributed by atoms with E-state index in [0.29, 0.717) is 5.56 Å². The molecule has 0 atom stereocenters. The lowest BCUT2D eigenvalue weighted by Gasteiger charge is -2.00. The van der Waals surface area contributed by atoms with Crippen molar-refractivity contribution in [2.24, 2.45) is 0 Å². The summed E-state index contributed by atoms with van der Waals surface area (Å²) in [6.07, 6.45) is 5.08. The van der Waals surface area contributed by atoms with Gasteiger partial charge in [-0.1, -0.05) is 36.4 Å². The predicted octanol–water partition coefficient (Wildman–Crippen LogP) is 2.95. The number of imidazole rings is 1. The molecule has 0 aliphatic heterocycles. The standard InChI is InChI=1S/C11H8O2.C3H4N2/c12-11(13)10-7-3-5-8-4-1-2-6-9(8)10;1-2-5-3-4-1/h1-7H,(H,12,13);1-3H,(H,4,5). The Hall–Kier alpha value is -2.62. The number of nitrogens with zero attached hydrogens (tertiary/aromatic N) is 1. The molecule has 0 aliphatic rings. The molecule has 90 valence electrons. The van der Waals surface area contributed by atoms with Gasteiger partial charge in [0.05, 0.1) is 11.9 Å². The highest BCUT2D eigenvalue weighted by Crippen LogP contribution is 2.17. The molecule has 0 bridgehead atoms. The average molecular weight is 240 g/mol. The molecular weight excluding hydrogens is 228 g/mol. The number of aromatic carboxylic acids is 1. The van der Waals surface area contributed by atoms with Gasteiger partial charge in [-0.3, -0.25) is 0 Å². The monoisotopic (exact) mass is 240 g/mol. The van der Waals surface area contributed by atoms with Crippen molar-refractivity contribution in [3.05, 3.63) is 66.7 Å². The van der Waals surface area contributed by atoms with E-state index in [2.05, 4.69) is 9.97 Å². The Morgan fingerprint density at radius 3 is 2.50 bits per heavy atom. The zero-order valence-electron chi connectivity index (χ0n) is 9.58. The minimum atomic E-state index is -0.878. The van der Waals surface area contributed by atoms with Gasteiger partial charge in [0.2, 0.25) is 0 Å². The van der Waals surface area contributed by atoms with Crippen LogP contribution in [0.3, 0.4) is 0 Å². The van der Waals surface area contributed by atoms with Crippen LogP contribution in [0.2, 0.25) is 0 Å². The Morgan fingerprint density at radius 1 is 1.11 bits per heavy atom. The number of fused-ring (bicyclic) bond motifs is 1. The molecule has 4 nitrogen and oxygen atoms in total. The fraction of sp³-hybridized carbons (Fsp3) is 0. The molecule has 2 aromatic carbocycles. The molecule has 0 aliphatic carbocycles. The SMILES string of the molecule is O=C(O)c1cccc2ccccc12.c1c[nH]cn1. The molecule has 0 spiro atoms. The summed E-state index contributed by atoms with van der Waals surface area (Å²) < 4.78 is 0. The summed E-state index contributed by atoms with van der Waals surface area (Å²) in [4.78, 5) is 17.2. The number of carboxylic acids is 1. The van der Waals surface area contributed by atoms with Gasteiger partial charge in [0.15, 0.2) is 0 Å². The zero-order chi connectivity index (χ0) is 12.8. The first-order valence-corrected chi connectivity index (χ1v) is 5.43. The summed E-state index contributed by atoms with van der Waals surface area (Å²) in [7, 11) is 0. The second kappa shape index (κ2) is 5.63. The minimum Gasteiger partial charge on any atom is -0.478 e. The molecule has 4 heteroatoms. The van der Waals surface area contributed by atoms with Crippen LogP contribution in [0.15, 0.2) is 61.2 Å². The van der Waals surface area contributed by atoms with E-state index in [4.69, 9.17) is 5.11 Å². The van der Waals surface area contributed by atoms with Crippen molar-refractivity contribution >= 4 is 16.7 Å². The van der Waals surface area contributed by atoms with Crippen LogP contribution >= 0.6 is 0 Å². The van der Waals surface area contributed by atoms with E-state index in [-0.39, 0.29) is 0 Å². The number of rotatable bonds is 1. The van der Waals surface area contributed by atoms with Crippen LogP contribution in [0.5, 0.6) is 0 Å². The lowest BCUT2D eigenvalue weighted by molar-refractivity contribution is 0.0699. The first kappa shape index (κ1) is 11.9. The van der Waals surface area contributed by atoms with Crippen LogP contribution in [0, 0.1) is 0 Å². The van der Waals surface area contributed by atoms with Crippen molar-refractivity contribution < 1.29 is 9.90 Å². The summed E-state index contributed by atoms with van der Waals surface area (Å²) >= 11 is 0. The van der Waals surface area contributed by atoms with E-state index in [1.165, 1.54) is 0 Å². The molecule has 0 saturated carbocycles. The Morgan fingerprint density at radius 2 is 1.89 bits per heavy atom. The fourth-order valence-corrected chi connectivity index (χ4v) is 1.63. The Kier molecular flexibility index (Phi) is 3.71. The van der Waals surface area contributed by atoms with Crippen molar-refractivity contribution in [3.8, 4) is 0 Å². The van der Waals surface area contributed by atoms with E-state index in [9.17, 15) is 4.79 Å². The van der Waals surface area contributed by atoms with Gasteiger partial charge in [-0.2, -0.15) is 0 Å². The highest BCUT2D eigenvalue weighted by Gasteiger charge is 2.05. The number of aromatic nitrogens is 2. The maximum absolute atomic E-state index is 10.8. The molecule has 0 amide bonds. The quantitative estimate of drug-likeness (QED) is 0.687. The largest absolute Gasteiger partial charge is 0.478 e. The van der Waals surface area contributed by atoms with Gasteiger partial charge in [-0.05, 0) is 16.8 Å². The number of carboxylic acid groups (broad SMARTS) is 1. The number of hydrogen-bond donors (Lipinski definition) is 2. The van der Waals surface area contributed by atoms with E-state index in [0.717, 1.165) is 10.8 Å². The second-order valence-corrected chi connectivity index (χ2v) is 3.59. The van der Waals surface area contributed by atoms with Crippen LogP contribution in [0.4, 0.5) is 0 Å². The third-order valence-electron chi connectivity index (χ3n) is 2.43. The van der Waals surface area contributed by atoms with E-state index in [1.54, 1.807) is 30.9 Å². The molecule has 0 saturated heterocycles. The van der Waals surface area contributed by atoms with Crippen LogP contribution in [0.1, 0.15) is 10.4 Å². The maximum atomic E-state index is 10.8. The summed E-state index contributed by atoms with van der Waals surface area (Å²) in [6, 6.07) is 12.7. The molecule has 0 radical (unpaired) electrons. The third-order valence-corrected chi connectivity index (χ3v) is 2.43. The zero-order valence-corrected chi connectivity index (χ0v) is 9.58. The molecule has 1 heterocycles. The molecule has 3 rings (SSSR count). The Balaban J connectivity index is 0.000000202. The van der Waals surface area contributed by atoms with Crippen LogP contribution in [0.25, 0.3) is 10.8 Å². The number of hydrogen-bond acceptors (Lipinski definition) is 2. The van der Waals surface area contributed by atoms with Crippen molar-refractivity contribution in [1.82, 2.24) is 9.97 Å². The number of aromatic amines is 1. The molecule has 0 fully saturated rings. The van der Waals surface area contributed by atoms with Crippen molar-refractivity contribution in [2.75, 3.05) is 0 Å². The van der Waals surface area contributed by atoms with Crippen molar-refractivity contribution in [2.45, 2.75) is 0 Å². The van der Waals surface area contributed by atoms with Gasteiger partial charge in [0, 0.05) is 12.4 Å². The third kappa shape index (κ3) is 2.74. The van der Waals surface area contributed by atoms with Gasteiger partial charge >= 0.3 is 5.97 Å². The van der Waals surface area contributed by atoms with Crippen LogP contribution < -0.4 is 0 Å². The summed E-state index contributed by atoms with van der Waals surface area (Å²) in [5.74, 6) is -0.878. The maximum Gasteiger partial charge on any atom is 0.336 e. The number of carbonyl (C=O) groups is 1. The van der Waals surface area contributed by atoms with Crippen molar-refractivity contribution in [1.29, 1.82) is 0 Å². The molecule has 18 heavy (non-hydrogen) atoms. The van der Waals surface area contributed by atoms with Gasteiger partial charge in [-0.15, -0.1) is 0 Å². The summed E-state index contributed by atoms with van der Waals surface area (Å²) in [5.41, 5.74) is 0.359. The van der Waals surface area contributed by atoms with E-state index in [1.807, 2.05) is 30.3 Å². The molecule has 2 N–H and O–H groups in total. The molecule has 3 aromatic rings. The highest BCUT2D eigenvalue weighted by molar-refractivity contribution is 6.03. The summed E-state index contributed by atoms with van der Waals surface area (Å²) in [5, 5.41) is 10.6. The molecular formula is C14H12N2O2. The lowest BCUT2D eigenvalue weighted by Crippen LogP contribution is -1.96. The van der Waals surface area contributed by atoms with Gasteiger partial charge in [-0.25, -0.2) is 9.78 Å². The second-order valence-electron chi connectivity index (χ2n) is 3.59. The highest BCUT2D eigenvalue weighted by atomic mass is 16.4. The summed E-state index contributed by atoms with van der Waals surface area (Å²) in [6.45, 7) is 0. The number of benzene rings is 2. The molecule has 1 aromatic heterocycles. The Bertz CT molecular complexity index is 611. The fourth-order valence-electron chi connectivity index (χ4n) is 1.63. The average Bonchev–Trinajstić information content (AvgIpc) is 2.97. The van der Waals surface area contributed by atoms with E-state index < -0.39 is 5.97 Å². The first-order valence-electron chi connectivity index (χ1n) is 5.43. The minimum absolute atomic E-state index is 0.359. The predicted molar refractivity (Wildman–Crippen MR) is 69.5 cm³/mol. The Labute approximate surface area is 104 Å². The lowest BCUT2D eigenvalue weighted by atomic mass is 10.1. The molecule has 0 unspecified atom stereocenters. The smallest absolute Gasteiger partial charge is 0.336 e. The topological polar surface area (TPSA) is 66.0 Å². The van der Waals surface area contributed by atoms with Gasteiger partial charge in [0.1, 0.15) is 0 Å². The van der Waals surface area contributed by atoms with Crippen LogP contribution in [-0.2, 0) is 0 Å². The van der Waals surface area contributed by atoms with E-state index >= 15 is 0 Å². The van der Waals surface area contributed by atoms with Crippen LogP contribution in [-0.4, -0.2) is 21.0 Å². The van der Waals surface area contributed by atoms with Crippen molar-refractivity contribution in [3.63, 3.8) is 0 Å². The normalized spacial score (nSPS) is 9.56. The van der Waals surface area contributed by atoms with Gasteiger partial charge in [0.25, 0.3) is 0 Å².